The van der Waals surface area contributed by atoms with Crippen LogP contribution in [0.15, 0.2) is 65.8 Å². The lowest BCUT2D eigenvalue weighted by atomic mass is 9.99. The number of carbonyl (C=O) groups excluding carboxylic acids is 1. The number of oxime groups is 1. The molecular formula is C38H40ClN3O10. The summed E-state index contributed by atoms with van der Waals surface area (Å²) < 4.78 is 45.7. The molecule has 6 rings (SSSR count). The van der Waals surface area contributed by atoms with Gasteiger partial charge in [-0.3, -0.25) is 4.79 Å². The molecule has 2 aliphatic rings. The van der Waals surface area contributed by atoms with E-state index in [0.29, 0.717) is 88.3 Å². The van der Waals surface area contributed by atoms with Crippen molar-refractivity contribution in [2.45, 2.75) is 25.1 Å². The van der Waals surface area contributed by atoms with E-state index in [4.69, 9.17) is 54.3 Å². The van der Waals surface area contributed by atoms with Gasteiger partial charge in [0.25, 0.3) is 5.91 Å². The van der Waals surface area contributed by atoms with Gasteiger partial charge in [0.2, 0.25) is 11.5 Å². The number of nitrogens with zero attached hydrogens (tertiary/aromatic N) is 1. The highest BCUT2D eigenvalue weighted by atomic mass is 35.5. The van der Waals surface area contributed by atoms with E-state index in [0.717, 1.165) is 22.4 Å². The van der Waals surface area contributed by atoms with E-state index < -0.39 is 6.17 Å². The maximum Gasteiger partial charge on any atom is 0.255 e. The predicted molar refractivity (Wildman–Crippen MR) is 195 cm³/mol. The number of amides is 1. The number of methoxy groups -OCH3 is 6. The molecule has 2 atom stereocenters. The first-order valence-electron chi connectivity index (χ1n) is 16.4. The van der Waals surface area contributed by atoms with Crippen LogP contribution in [0.1, 0.15) is 52.2 Å². The van der Waals surface area contributed by atoms with Gasteiger partial charge in [0.1, 0.15) is 6.17 Å². The summed E-state index contributed by atoms with van der Waals surface area (Å²) in [5.74, 6) is 3.87. The molecule has 2 N–H and O–H groups in total. The minimum atomic E-state index is -0.453. The molecule has 52 heavy (non-hydrogen) atoms. The Hall–Kier alpha value is -5.69. The molecule has 13 nitrogen and oxygen atoms in total. The summed E-state index contributed by atoms with van der Waals surface area (Å²) in [5.41, 5.74) is 4.31. The van der Waals surface area contributed by atoms with Crippen LogP contribution in [-0.4, -0.2) is 67.5 Å². The highest BCUT2D eigenvalue weighted by molar-refractivity contribution is 6.31. The molecule has 0 saturated carbocycles. The van der Waals surface area contributed by atoms with Crippen molar-refractivity contribution in [1.82, 2.24) is 5.32 Å². The Kier molecular flexibility index (Phi) is 11.2. The largest absolute Gasteiger partial charge is 0.493 e. The minimum absolute atomic E-state index is 0.217. The van der Waals surface area contributed by atoms with Crippen LogP contribution in [0, 0.1) is 0 Å². The molecule has 0 radical (unpaired) electrons. The first-order valence-corrected chi connectivity index (χ1v) is 16.8. The zero-order chi connectivity index (χ0) is 36.8. The van der Waals surface area contributed by atoms with Crippen molar-refractivity contribution in [3.05, 3.63) is 87.9 Å². The molecule has 1 amide bonds. The van der Waals surface area contributed by atoms with Crippen LogP contribution in [0.3, 0.4) is 0 Å². The smallest absolute Gasteiger partial charge is 0.255 e. The molecule has 2 heterocycles. The van der Waals surface area contributed by atoms with E-state index >= 15 is 0 Å². The first-order chi connectivity index (χ1) is 25.3. The number of fused-ring (bicyclic) bond motifs is 1. The molecule has 4 aromatic carbocycles. The molecule has 2 aliphatic heterocycles. The predicted octanol–water partition coefficient (Wildman–Crippen LogP) is 6.96. The van der Waals surface area contributed by atoms with Gasteiger partial charge in [0.15, 0.2) is 40.6 Å². The van der Waals surface area contributed by atoms with Gasteiger partial charge >= 0.3 is 0 Å². The Labute approximate surface area is 306 Å². The van der Waals surface area contributed by atoms with E-state index in [1.807, 2.05) is 42.5 Å². The second-order valence-electron chi connectivity index (χ2n) is 11.7. The normalized spacial score (nSPS) is 16.0. The van der Waals surface area contributed by atoms with Crippen LogP contribution in [0.2, 0.25) is 5.02 Å². The Morgan fingerprint density at radius 3 is 1.98 bits per heavy atom. The summed E-state index contributed by atoms with van der Waals surface area (Å²) in [6, 6.07) is 18.1. The summed E-state index contributed by atoms with van der Waals surface area (Å²) in [6.07, 6.45) is 0.198. The quantitative estimate of drug-likeness (QED) is 0.123. The molecule has 14 heteroatoms. The van der Waals surface area contributed by atoms with Crippen LogP contribution in [0.4, 0.5) is 5.69 Å². The van der Waals surface area contributed by atoms with E-state index in [9.17, 15) is 4.79 Å². The Bertz CT molecular complexity index is 1920. The zero-order valence-electron chi connectivity index (χ0n) is 29.7. The van der Waals surface area contributed by atoms with Crippen molar-refractivity contribution < 1.29 is 47.5 Å². The van der Waals surface area contributed by atoms with Crippen LogP contribution < -0.4 is 48.5 Å². The lowest BCUT2D eigenvalue weighted by Gasteiger charge is -2.28. The Morgan fingerprint density at radius 1 is 0.692 bits per heavy atom. The monoisotopic (exact) mass is 733 g/mol. The number of benzene rings is 4. The lowest BCUT2D eigenvalue weighted by molar-refractivity contribution is 0.0852. The average molecular weight is 734 g/mol. The van der Waals surface area contributed by atoms with Crippen molar-refractivity contribution in [3.63, 3.8) is 0 Å². The zero-order valence-corrected chi connectivity index (χ0v) is 30.4. The number of hydrogen-bond acceptors (Lipinski definition) is 12. The SMILES string of the molecule is COc1cc(C2NC(=O)c3cc(Cl)ccc3N2)ccc1OCCCOc1c(OC)cc(C2CC(c3cc(OC)c(OC)c(OC)c3)=NO2)cc1OC. The lowest BCUT2D eigenvalue weighted by Crippen LogP contribution is -2.38. The van der Waals surface area contributed by atoms with Crippen LogP contribution in [0.25, 0.3) is 0 Å². The fraction of sp³-hybridized carbons (Fsp3) is 0.316. The maximum atomic E-state index is 12.7. The number of hydrogen-bond donors (Lipinski definition) is 2. The fourth-order valence-electron chi connectivity index (χ4n) is 6.00. The van der Waals surface area contributed by atoms with E-state index in [1.54, 1.807) is 60.9 Å². The highest BCUT2D eigenvalue weighted by Gasteiger charge is 2.29. The Morgan fingerprint density at radius 2 is 1.33 bits per heavy atom. The van der Waals surface area contributed by atoms with Gasteiger partial charge in [0.05, 0.1) is 67.1 Å². The van der Waals surface area contributed by atoms with Gasteiger partial charge in [0, 0.05) is 34.7 Å². The van der Waals surface area contributed by atoms with Crippen LogP contribution in [-0.2, 0) is 4.84 Å². The second kappa shape index (κ2) is 16.1. The number of anilines is 1. The minimum Gasteiger partial charge on any atom is -0.493 e. The van der Waals surface area contributed by atoms with Gasteiger partial charge < -0.3 is 53.4 Å². The second-order valence-corrected chi connectivity index (χ2v) is 12.1. The van der Waals surface area contributed by atoms with Crippen molar-refractivity contribution in [1.29, 1.82) is 0 Å². The van der Waals surface area contributed by atoms with Crippen molar-refractivity contribution in [3.8, 4) is 46.0 Å². The number of carbonyl (C=O) groups is 1. The van der Waals surface area contributed by atoms with Gasteiger partial charge in [-0.2, -0.15) is 0 Å². The summed E-state index contributed by atoms with van der Waals surface area (Å²) >= 11 is 6.07. The maximum absolute atomic E-state index is 12.7. The molecule has 2 unspecified atom stereocenters. The van der Waals surface area contributed by atoms with Gasteiger partial charge in [-0.15, -0.1) is 0 Å². The third kappa shape index (κ3) is 7.49. The standard InChI is InChI=1S/C38H40ClN3O10/c1-44-30-14-21(37-40-26-10-9-24(39)19-25(26)38(43)41-37)8-11-28(30)50-12-7-13-51-36-33(47-4)17-23(18-34(36)48-5)29-20-27(42-52-29)22-15-31(45-2)35(49-6)32(16-22)46-3/h8-11,14-19,29,37,40H,7,12-13,20H2,1-6H3,(H,41,43). The molecule has 0 aromatic heterocycles. The fourth-order valence-corrected chi connectivity index (χ4v) is 6.17. The molecule has 0 saturated heterocycles. The molecular weight excluding hydrogens is 694 g/mol. The van der Waals surface area contributed by atoms with Crippen LogP contribution >= 0.6 is 11.6 Å². The summed E-state index contributed by atoms with van der Waals surface area (Å²) in [4.78, 5) is 18.6. The van der Waals surface area contributed by atoms with Crippen molar-refractivity contribution in [2.75, 3.05) is 61.2 Å². The van der Waals surface area contributed by atoms with Crippen LogP contribution in [0.5, 0.6) is 46.0 Å². The number of halogens is 1. The molecule has 0 spiro atoms. The van der Waals surface area contributed by atoms with Gasteiger partial charge in [-0.25, -0.2) is 0 Å². The molecule has 0 bridgehead atoms. The first kappa shape index (κ1) is 36.1. The summed E-state index contributed by atoms with van der Waals surface area (Å²) in [7, 11) is 9.40. The average Bonchev–Trinajstić information content (AvgIpc) is 3.67. The molecule has 0 aliphatic carbocycles. The highest BCUT2D eigenvalue weighted by Crippen LogP contribution is 2.44. The molecule has 274 valence electrons. The van der Waals surface area contributed by atoms with E-state index in [2.05, 4.69) is 15.8 Å². The van der Waals surface area contributed by atoms with Crippen molar-refractivity contribution in [2.24, 2.45) is 5.16 Å². The number of nitrogens with one attached hydrogen (secondary N) is 2. The topological polar surface area (TPSA) is 137 Å². The van der Waals surface area contributed by atoms with E-state index in [1.165, 1.54) is 0 Å². The summed E-state index contributed by atoms with van der Waals surface area (Å²) in [6.45, 7) is 0.671. The molecule has 4 aromatic rings. The molecule has 0 fully saturated rings. The number of rotatable bonds is 15. The van der Waals surface area contributed by atoms with E-state index in [-0.39, 0.29) is 12.0 Å². The van der Waals surface area contributed by atoms with Crippen molar-refractivity contribution >= 4 is 28.9 Å². The summed E-state index contributed by atoms with van der Waals surface area (Å²) in [5, 5.41) is 11.1. The van der Waals surface area contributed by atoms with Gasteiger partial charge in [-0.05, 0) is 60.2 Å². The third-order valence-corrected chi connectivity index (χ3v) is 8.87. The third-order valence-electron chi connectivity index (χ3n) is 8.64. The van der Waals surface area contributed by atoms with Gasteiger partial charge in [-0.1, -0.05) is 22.8 Å². The Balaban J connectivity index is 1.06. The number of ether oxygens (including phenoxy) is 8.